The minimum absolute atomic E-state index is 0. The summed E-state index contributed by atoms with van der Waals surface area (Å²) < 4.78 is 31.9. The summed E-state index contributed by atoms with van der Waals surface area (Å²) in [6, 6.07) is 2.67. The normalized spacial score (nSPS) is 32.8. The molecule has 19 N–H and O–H groups in total. The number of imidazole rings is 1. The van der Waals surface area contributed by atoms with Gasteiger partial charge in [0, 0.05) is 131 Å². The molecule has 32 heteroatoms. The predicted octanol–water partition coefficient (Wildman–Crippen LogP) is -1.47. The van der Waals surface area contributed by atoms with Gasteiger partial charge in [0.25, 0.3) is 7.82 Å². The third-order valence-electron chi connectivity index (χ3n) is 20.6. The van der Waals surface area contributed by atoms with Gasteiger partial charge in [-0.1, -0.05) is 34.6 Å². The molecule has 7 amide bonds. The molecule has 2 saturated heterocycles. The number of hydrogen-bond acceptors (Lipinski definition) is 20. The number of nitrogens with one attached hydrogen (secondary N) is 2. The Morgan fingerprint density at radius 2 is 1.39 bits per heavy atom. The van der Waals surface area contributed by atoms with Crippen molar-refractivity contribution < 1.29 is 107 Å². The van der Waals surface area contributed by atoms with E-state index in [9.17, 15) is 53.2 Å². The van der Waals surface area contributed by atoms with Crippen LogP contribution in [0.15, 0.2) is 67.8 Å². The number of nitrogens with zero attached hydrogens (tertiary/aromatic N) is 5. The van der Waals surface area contributed by atoms with Crippen LogP contribution in [0.1, 0.15) is 150 Å². The van der Waals surface area contributed by atoms with Gasteiger partial charge in [-0.3, -0.25) is 53.1 Å². The molecule has 7 heterocycles. The molecule has 1 unspecified atom stereocenters. The summed E-state index contributed by atoms with van der Waals surface area (Å²) in [6.45, 7) is 19.1. The van der Waals surface area contributed by atoms with Gasteiger partial charge in [-0.15, -0.1) is 0 Å². The maximum absolute atomic E-state index is 14.4. The van der Waals surface area contributed by atoms with Gasteiger partial charge in [-0.25, -0.2) is 4.98 Å². The molecule has 6 aliphatic rings. The van der Waals surface area contributed by atoms with Gasteiger partial charge >= 0.3 is 16.8 Å². The largest absolute Gasteiger partial charge is 3.00 e. The SMILES string of the molecule is C/C1=C2N=C(/C=C3\N/C(=C(/C)C4=N[C@@](C)([C@@H]5N=C1[C@](C)(CCC(=O)NC[C@@H](C)OP(=O)([O-])O[C@H]1[C@@H](O)[C@@H](n6cnc7cc(C)c(C)cc76)O[C@@H]1CO)[C@H]5CC(N)=O)[C@@](C)(CC(N)=O)[C@@H]4CCC(N)=O)[C@@](C)(CC(N)=O)[C@@H]3CCC(N)=O)C(C)(C)[C@@H]/2CCC(N)=O.O.[Cl-].[Co+3].[OH-]. The minimum Gasteiger partial charge on any atom is -1.00 e. The zero-order valence-corrected chi connectivity index (χ0v) is 57.6. The number of fused-ring (bicyclic) bond motifs is 7. The standard InChI is InChI=1S/C62H90N13O14P.ClH.Co.2H2O/c1-29-20-39-40(21-30(29)2)75(28-70-39)57-52(84)53(41(27-76)87-57)89-90(85,86)88-31(3)26-69-49(83)18-19-59(8)37(22-46(66)80)56-62(11)61(10,25-48(68)82)36(14-17-45(65)79)51(74-62)33(5)55-60(9,24-47(67)81)34(12-15-43(63)77)38(71-55)23-42-58(6,7)35(13-16-44(64)78)50(72-42)32(4)54(59)73-56;;;;/h20-21,23,28,31,34-37,41,52-53,56-57,71,76,84H,12-19,22,24-27H2,1-11H3,(H2,63,77)(H2,64,78)(H2,65,79)(H2,66,80)(H2,67,81)(H2,68,82)(H,69,83)(H,85,86);1H;;2*1H2/q;;+3;;/p-3/b38-23-,50-32-,55-33-;;;;/t31-,34-,35-,36-,37+,41-,52-,53-,56-,57+,59-,60+,61+,62+;;;;/m1..../s1. The van der Waals surface area contributed by atoms with Crippen molar-refractivity contribution in [2.75, 3.05) is 13.2 Å². The number of ether oxygens (including phenoxy) is 1. The summed E-state index contributed by atoms with van der Waals surface area (Å²) in [5, 5.41) is 28.1. The number of carbonyl (C=O) groups excluding carboxylic acids is 7. The van der Waals surface area contributed by atoms with Gasteiger partial charge < -0.3 is 102 Å². The van der Waals surface area contributed by atoms with Crippen LogP contribution in [0, 0.1) is 59.2 Å². The van der Waals surface area contributed by atoms with Crippen molar-refractivity contribution in [1.82, 2.24) is 20.2 Å². The topological polar surface area (TPSA) is 524 Å². The molecule has 522 valence electrons. The number of hydrogen-bond donors (Lipinski definition) is 10. The number of nitrogens with two attached hydrogens (primary N) is 6. The van der Waals surface area contributed by atoms with E-state index < -0.39 is 143 Å². The number of aliphatic hydroxyl groups is 2. The van der Waals surface area contributed by atoms with Crippen molar-refractivity contribution >= 4 is 77.3 Å². The average Bonchev–Trinajstić information content (AvgIpc) is 1.53. The molecule has 0 spiro atoms. The minimum atomic E-state index is -5.32. The van der Waals surface area contributed by atoms with Crippen LogP contribution in [0.2, 0.25) is 0 Å². The fourth-order valence-corrected chi connectivity index (χ4v) is 16.6. The molecular formula is C62H92ClCoN13O16P. The molecule has 0 aliphatic carbocycles. The molecule has 29 nitrogen and oxygen atoms in total. The van der Waals surface area contributed by atoms with Crippen LogP contribution in [-0.4, -0.2) is 138 Å². The second-order valence-corrected chi connectivity index (χ2v) is 28.4. The molecule has 8 bridgehead atoms. The van der Waals surface area contributed by atoms with E-state index in [1.165, 1.54) is 17.8 Å². The number of phosphoric ester groups is 1. The van der Waals surface area contributed by atoms with Gasteiger partial charge in [0.05, 0.1) is 41.7 Å². The Balaban J connectivity index is 0.00000470. The molecule has 2 fully saturated rings. The number of halogens is 1. The molecule has 1 aromatic carbocycles. The van der Waals surface area contributed by atoms with Crippen molar-refractivity contribution in [3.05, 3.63) is 63.9 Å². The Morgan fingerprint density at radius 3 is 1.96 bits per heavy atom. The number of aliphatic hydroxyl groups excluding tert-OH is 2. The fourth-order valence-electron chi connectivity index (χ4n) is 15.4. The number of rotatable bonds is 26. The zero-order chi connectivity index (χ0) is 66.7. The summed E-state index contributed by atoms with van der Waals surface area (Å²) in [5.74, 6) is -7.24. The summed E-state index contributed by atoms with van der Waals surface area (Å²) in [4.78, 5) is 128. The Labute approximate surface area is 562 Å². The molecule has 6 aliphatic heterocycles. The third kappa shape index (κ3) is 15.3. The second-order valence-electron chi connectivity index (χ2n) is 27.1. The maximum Gasteiger partial charge on any atom is 3.00 e. The first-order valence-electron chi connectivity index (χ1n) is 30.5. The first-order chi connectivity index (χ1) is 41.8. The average molecular weight is 1400 g/mol. The number of allylic oxidation sites excluding steroid dienone is 6. The molecule has 0 saturated carbocycles. The fraction of sp³-hybridized carbons (Fsp3) is 0.629. The number of carbonyl (C=O) groups is 7. The summed E-state index contributed by atoms with van der Waals surface area (Å²) in [5.41, 5.74) is 37.2. The van der Waals surface area contributed by atoms with E-state index in [-0.39, 0.29) is 117 Å². The summed E-state index contributed by atoms with van der Waals surface area (Å²) >= 11 is 0. The first kappa shape index (κ1) is 80.2. The van der Waals surface area contributed by atoms with Crippen LogP contribution in [0.5, 0.6) is 0 Å². The van der Waals surface area contributed by atoms with E-state index >= 15 is 0 Å². The zero-order valence-electron chi connectivity index (χ0n) is 54.9. The first-order valence-corrected chi connectivity index (χ1v) is 32.0. The number of primary amides is 6. The van der Waals surface area contributed by atoms with E-state index in [1.54, 1.807) is 0 Å². The molecule has 8 rings (SSSR count). The molecule has 0 radical (unpaired) electrons. The van der Waals surface area contributed by atoms with Gasteiger partial charge in [0.2, 0.25) is 41.4 Å². The van der Waals surface area contributed by atoms with Crippen molar-refractivity contribution in [2.24, 2.45) is 94.7 Å². The third-order valence-corrected chi connectivity index (χ3v) is 21.7. The van der Waals surface area contributed by atoms with E-state index in [1.807, 2.05) is 87.4 Å². The predicted molar refractivity (Wildman–Crippen MR) is 337 cm³/mol. The van der Waals surface area contributed by atoms with Crippen molar-refractivity contribution in [3.8, 4) is 0 Å². The number of aryl methyl sites for hydroxylation is 2. The quantitative estimate of drug-likeness (QED) is 0.0481. The van der Waals surface area contributed by atoms with Crippen LogP contribution in [-0.2, 0) is 68.7 Å². The maximum atomic E-state index is 14.4. The second kappa shape index (κ2) is 30.0. The molecule has 1 aromatic heterocycles. The monoisotopic (exact) mass is 1400 g/mol. The molecule has 2 aromatic rings. The number of aliphatic imine (C=N–C) groups is 3. The van der Waals surface area contributed by atoms with Gasteiger partial charge in [-0.05, 0) is 108 Å². The Bertz CT molecular complexity index is 3560. The van der Waals surface area contributed by atoms with Crippen molar-refractivity contribution in [3.63, 3.8) is 0 Å². The summed E-state index contributed by atoms with van der Waals surface area (Å²) in [6.07, 6.45) is -4.57. The van der Waals surface area contributed by atoms with E-state index in [2.05, 4.69) is 15.6 Å². The van der Waals surface area contributed by atoms with Crippen LogP contribution >= 0.6 is 7.82 Å². The number of aromatic nitrogens is 2. The Hall–Kier alpha value is -6.28. The van der Waals surface area contributed by atoms with Crippen molar-refractivity contribution in [2.45, 2.75) is 189 Å². The van der Waals surface area contributed by atoms with Gasteiger partial charge in [0.1, 0.15) is 18.3 Å². The number of benzene rings is 1. The Morgan fingerprint density at radius 1 is 0.819 bits per heavy atom. The van der Waals surface area contributed by atoms with E-state index in [4.69, 9.17) is 63.2 Å². The van der Waals surface area contributed by atoms with Crippen LogP contribution in [0.25, 0.3) is 11.0 Å². The number of amides is 7. The van der Waals surface area contributed by atoms with Crippen LogP contribution in [0.4, 0.5) is 0 Å². The van der Waals surface area contributed by atoms with Crippen LogP contribution in [0.3, 0.4) is 0 Å². The van der Waals surface area contributed by atoms with Gasteiger partial charge in [-0.2, -0.15) is 0 Å². The number of phosphoric acid groups is 1. The summed E-state index contributed by atoms with van der Waals surface area (Å²) in [7, 11) is -5.32. The van der Waals surface area contributed by atoms with Gasteiger partial charge in [0.15, 0.2) is 6.23 Å². The van der Waals surface area contributed by atoms with E-state index in [0.717, 1.165) is 11.1 Å². The van der Waals surface area contributed by atoms with Crippen LogP contribution < -0.4 is 62.3 Å². The Kier molecular flexibility index (Phi) is 25.6. The molecule has 15 atom stereocenters. The van der Waals surface area contributed by atoms with Crippen molar-refractivity contribution in [1.29, 1.82) is 0 Å². The smallest absolute Gasteiger partial charge is 1.00 e. The molecule has 94 heavy (non-hydrogen) atoms. The molecular weight excluding hydrogens is 1310 g/mol. The van der Waals surface area contributed by atoms with E-state index in [0.29, 0.717) is 56.4 Å².